The van der Waals surface area contributed by atoms with Crippen LogP contribution < -0.4 is 14.2 Å². The van der Waals surface area contributed by atoms with Crippen molar-refractivity contribution in [2.45, 2.75) is 52.6 Å². The molecule has 0 unspecified atom stereocenters. The van der Waals surface area contributed by atoms with Crippen molar-refractivity contribution in [3.8, 4) is 17.4 Å². The third-order valence-corrected chi connectivity index (χ3v) is 5.98. The lowest BCUT2D eigenvalue weighted by Gasteiger charge is -2.41. The number of ether oxygens (including phenoxy) is 3. The van der Waals surface area contributed by atoms with Crippen LogP contribution in [0.3, 0.4) is 0 Å². The van der Waals surface area contributed by atoms with Crippen molar-refractivity contribution >= 4 is 0 Å². The van der Waals surface area contributed by atoms with Crippen molar-refractivity contribution < 1.29 is 18.6 Å². The molecule has 0 bridgehead atoms. The van der Waals surface area contributed by atoms with Crippen molar-refractivity contribution in [2.75, 3.05) is 26.4 Å². The second kappa shape index (κ2) is 8.76. The minimum Gasteiger partial charge on any atom is -0.493 e. The van der Waals surface area contributed by atoms with Gasteiger partial charge in [0.1, 0.15) is 24.8 Å². The van der Waals surface area contributed by atoms with Crippen LogP contribution in [0.25, 0.3) is 0 Å². The fourth-order valence-electron chi connectivity index (χ4n) is 4.40. The lowest BCUT2D eigenvalue weighted by atomic mass is 9.92. The van der Waals surface area contributed by atoms with E-state index in [9.17, 15) is 4.39 Å². The predicted octanol–water partition coefficient (Wildman–Crippen LogP) is 4.24. The van der Waals surface area contributed by atoms with Gasteiger partial charge in [0.2, 0.25) is 0 Å². The Kier molecular flexibility index (Phi) is 6.09. The van der Waals surface area contributed by atoms with Gasteiger partial charge < -0.3 is 14.2 Å². The highest BCUT2D eigenvalue weighted by Gasteiger charge is 2.32. The lowest BCUT2D eigenvalue weighted by Crippen LogP contribution is -2.45. The van der Waals surface area contributed by atoms with Gasteiger partial charge in [-0.15, -0.1) is 0 Å². The average Bonchev–Trinajstić information content (AvgIpc) is 2.71. The molecule has 3 atom stereocenters. The zero-order valence-corrected chi connectivity index (χ0v) is 18.2. The number of nitrogens with zero attached hydrogens (tertiary/aromatic N) is 3. The first-order valence-electron chi connectivity index (χ1n) is 10.7. The minimum absolute atomic E-state index is 0.163. The number of rotatable bonds is 5. The number of hydrogen-bond acceptors (Lipinski definition) is 6. The van der Waals surface area contributed by atoms with Gasteiger partial charge in [0.15, 0.2) is 5.75 Å². The van der Waals surface area contributed by atoms with Crippen LogP contribution in [0.4, 0.5) is 4.39 Å². The van der Waals surface area contributed by atoms with Gasteiger partial charge in [-0.25, -0.2) is 9.37 Å². The SMILES string of the molecule is Cc1cc(OC[C@H]2CC[C@H](C)N([C@H](C)c3nc4c(cc3F)OCCO4)C2)cc(C)n1. The van der Waals surface area contributed by atoms with Crippen molar-refractivity contribution in [2.24, 2.45) is 5.92 Å². The Balaban J connectivity index is 1.45. The molecule has 2 aromatic rings. The van der Waals surface area contributed by atoms with E-state index in [1.807, 2.05) is 32.9 Å². The number of halogens is 1. The van der Waals surface area contributed by atoms with E-state index in [1.165, 1.54) is 6.07 Å². The van der Waals surface area contributed by atoms with E-state index in [4.69, 9.17) is 14.2 Å². The van der Waals surface area contributed by atoms with Gasteiger partial charge in [-0.1, -0.05) is 0 Å². The molecule has 0 aliphatic carbocycles. The number of pyridine rings is 2. The summed E-state index contributed by atoms with van der Waals surface area (Å²) in [5.74, 6) is 1.66. The maximum absolute atomic E-state index is 14.8. The van der Waals surface area contributed by atoms with E-state index in [1.54, 1.807) is 0 Å². The van der Waals surface area contributed by atoms with Gasteiger partial charge in [0.25, 0.3) is 5.88 Å². The van der Waals surface area contributed by atoms with E-state index in [-0.39, 0.29) is 11.9 Å². The Labute approximate surface area is 177 Å². The molecule has 1 saturated heterocycles. The topological polar surface area (TPSA) is 56.7 Å². The zero-order valence-electron chi connectivity index (χ0n) is 18.2. The Morgan fingerprint density at radius 1 is 1.13 bits per heavy atom. The van der Waals surface area contributed by atoms with E-state index in [2.05, 4.69) is 21.8 Å². The first-order valence-corrected chi connectivity index (χ1v) is 10.7. The van der Waals surface area contributed by atoms with Crippen molar-refractivity contribution in [3.05, 3.63) is 41.1 Å². The summed E-state index contributed by atoms with van der Waals surface area (Å²) in [5.41, 5.74) is 2.32. The second-order valence-electron chi connectivity index (χ2n) is 8.42. The fraction of sp³-hybridized carbons (Fsp3) is 0.565. The zero-order chi connectivity index (χ0) is 21.3. The first kappa shape index (κ1) is 20.8. The molecule has 2 aromatic heterocycles. The van der Waals surface area contributed by atoms with Crippen molar-refractivity contribution in [1.82, 2.24) is 14.9 Å². The van der Waals surface area contributed by atoms with E-state index >= 15 is 0 Å². The molecule has 2 aliphatic heterocycles. The van der Waals surface area contributed by atoms with Gasteiger partial charge in [-0.05, 0) is 40.5 Å². The van der Waals surface area contributed by atoms with Crippen LogP contribution in [0.15, 0.2) is 18.2 Å². The number of hydrogen-bond donors (Lipinski definition) is 0. The Morgan fingerprint density at radius 3 is 2.63 bits per heavy atom. The van der Waals surface area contributed by atoms with Crippen LogP contribution in [-0.2, 0) is 0 Å². The molecular formula is C23H30FN3O3. The number of aryl methyl sites for hydroxylation is 2. The highest BCUT2D eigenvalue weighted by Crippen LogP contribution is 2.36. The van der Waals surface area contributed by atoms with Crippen LogP contribution in [-0.4, -0.2) is 47.3 Å². The average molecular weight is 416 g/mol. The van der Waals surface area contributed by atoms with Crippen LogP contribution in [0.2, 0.25) is 0 Å². The van der Waals surface area contributed by atoms with E-state index < -0.39 is 0 Å². The molecule has 4 heterocycles. The molecule has 7 heteroatoms. The van der Waals surface area contributed by atoms with Gasteiger partial charge in [-0.3, -0.25) is 9.88 Å². The summed E-state index contributed by atoms with van der Waals surface area (Å²) in [6, 6.07) is 5.51. The maximum atomic E-state index is 14.8. The largest absolute Gasteiger partial charge is 0.493 e. The smallest absolute Gasteiger partial charge is 0.257 e. The van der Waals surface area contributed by atoms with Crippen molar-refractivity contribution in [1.29, 1.82) is 0 Å². The van der Waals surface area contributed by atoms with Crippen LogP contribution >= 0.6 is 0 Å². The monoisotopic (exact) mass is 415 g/mol. The number of aromatic nitrogens is 2. The Hall–Kier alpha value is -2.41. The summed E-state index contributed by atoms with van der Waals surface area (Å²) >= 11 is 0. The third-order valence-electron chi connectivity index (χ3n) is 5.98. The Bertz CT molecular complexity index is 887. The minimum atomic E-state index is -0.347. The summed E-state index contributed by atoms with van der Waals surface area (Å²) < 4.78 is 31.9. The lowest BCUT2D eigenvalue weighted by molar-refractivity contribution is 0.0551. The van der Waals surface area contributed by atoms with E-state index in [0.717, 1.165) is 36.5 Å². The molecule has 30 heavy (non-hydrogen) atoms. The number of piperidine rings is 1. The molecule has 0 amide bonds. The van der Waals surface area contributed by atoms with Crippen LogP contribution in [0.1, 0.15) is 49.8 Å². The second-order valence-corrected chi connectivity index (χ2v) is 8.42. The molecule has 0 N–H and O–H groups in total. The molecule has 0 aromatic carbocycles. The van der Waals surface area contributed by atoms with E-state index in [0.29, 0.717) is 49.1 Å². The summed E-state index contributed by atoms with van der Waals surface area (Å²) in [5, 5.41) is 0. The molecular weight excluding hydrogens is 385 g/mol. The van der Waals surface area contributed by atoms with Gasteiger partial charge >= 0.3 is 0 Å². The Morgan fingerprint density at radius 2 is 1.87 bits per heavy atom. The summed E-state index contributed by atoms with van der Waals surface area (Å²) in [7, 11) is 0. The molecule has 6 nitrogen and oxygen atoms in total. The molecule has 0 radical (unpaired) electrons. The van der Waals surface area contributed by atoms with Gasteiger partial charge in [-0.2, -0.15) is 0 Å². The molecule has 4 rings (SSSR count). The molecule has 2 aliphatic rings. The molecule has 162 valence electrons. The summed E-state index contributed by atoms with van der Waals surface area (Å²) in [6.45, 7) is 10.5. The maximum Gasteiger partial charge on any atom is 0.257 e. The highest BCUT2D eigenvalue weighted by molar-refractivity contribution is 5.37. The molecule has 0 spiro atoms. The van der Waals surface area contributed by atoms with Gasteiger partial charge in [0, 0.05) is 48.1 Å². The summed E-state index contributed by atoms with van der Waals surface area (Å²) in [4.78, 5) is 11.2. The predicted molar refractivity (Wildman–Crippen MR) is 112 cm³/mol. The van der Waals surface area contributed by atoms with Crippen LogP contribution in [0.5, 0.6) is 17.4 Å². The third kappa shape index (κ3) is 4.51. The molecule has 0 saturated carbocycles. The first-order chi connectivity index (χ1) is 14.4. The molecule has 1 fully saturated rings. The van der Waals surface area contributed by atoms with Crippen LogP contribution in [0, 0.1) is 25.6 Å². The quantitative estimate of drug-likeness (QED) is 0.728. The van der Waals surface area contributed by atoms with Gasteiger partial charge in [0.05, 0.1) is 18.3 Å². The highest BCUT2D eigenvalue weighted by atomic mass is 19.1. The summed E-state index contributed by atoms with van der Waals surface area (Å²) in [6.07, 6.45) is 2.13. The standard InChI is InChI=1S/C23H30FN3O3/c1-14-9-19(10-15(2)25-14)30-13-18-6-5-16(3)27(12-18)17(4)22-20(24)11-21-23(26-22)29-8-7-28-21/h9-11,16-18H,5-8,12-13H2,1-4H3/t16-,17+,18-/m0/s1. The fourth-order valence-corrected chi connectivity index (χ4v) is 4.40. The number of likely N-dealkylation sites (tertiary alicyclic amines) is 1. The normalized spacial score (nSPS) is 22.6. The number of fused-ring (bicyclic) bond motifs is 1. The van der Waals surface area contributed by atoms with Crippen molar-refractivity contribution in [3.63, 3.8) is 0 Å².